The molecule has 1 aliphatic carbocycles. The summed E-state index contributed by atoms with van der Waals surface area (Å²) in [6.45, 7) is 14.0. The Bertz CT molecular complexity index is 1550. The van der Waals surface area contributed by atoms with Gasteiger partial charge in [0.25, 0.3) is 0 Å². The summed E-state index contributed by atoms with van der Waals surface area (Å²) < 4.78 is 39.0. The molecule has 3 fully saturated rings. The Hall–Kier alpha value is -2.92. The first kappa shape index (κ1) is 38.3. The maximum Gasteiger partial charge on any atom is 0.342 e. The van der Waals surface area contributed by atoms with Gasteiger partial charge in [-0.3, -0.25) is 14.2 Å². The van der Waals surface area contributed by atoms with Gasteiger partial charge in [-0.2, -0.15) is 9.97 Å². The van der Waals surface area contributed by atoms with Crippen molar-refractivity contribution in [1.29, 1.82) is 0 Å². The van der Waals surface area contributed by atoms with Crippen LogP contribution in [0.5, 0.6) is 0 Å². The van der Waals surface area contributed by atoms with Gasteiger partial charge in [0.1, 0.15) is 41.5 Å². The van der Waals surface area contributed by atoms with Crippen LogP contribution in [0.1, 0.15) is 80.2 Å². The minimum Gasteiger partial charge on any atom is -0.465 e. The number of aliphatic hydroxyl groups is 2. The number of aliphatic hydroxyl groups excluding tert-OH is 1. The van der Waals surface area contributed by atoms with Crippen molar-refractivity contribution in [3.8, 4) is 0 Å². The Morgan fingerprint density at radius 2 is 1.62 bits per heavy atom. The number of rotatable bonds is 17. The molecule has 2 aromatic heterocycles. The molecule has 2 saturated heterocycles. The average molecular weight is 725 g/mol. The molecule has 1 saturated carbocycles. The van der Waals surface area contributed by atoms with Gasteiger partial charge in [-0.05, 0) is 58.3 Å². The molecule has 3 aliphatic rings. The van der Waals surface area contributed by atoms with Gasteiger partial charge in [-0.15, -0.1) is 0 Å². The largest absolute Gasteiger partial charge is 0.465 e. The molecule has 0 aromatic carbocycles. The molecule has 4 heterocycles. The van der Waals surface area contributed by atoms with Crippen molar-refractivity contribution in [2.45, 2.75) is 116 Å². The van der Waals surface area contributed by atoms with Gasteiger partial charge in [0.05, 0.1) is 26.1 Å². The summed E-state index contributed by atoms with van der Waals surface area (Å²) in [5.74, 6) is -0.567. The van der Waals surface area contributed by atoms with E-state index in [1.807, 2.05) is 27.7 Å². The Labute approximate surface area is 292 Å². The minimum absolute atomic E-state index is 0.00594. The third-order valence-corrected chi connectivity index (χ3v) is 11.4. The first-order valence-electron chi connectivity index (χ1n) is 17.5. The van der Waals surface area contributed by atoms with Gasteiger partial charge >= 0.3 is 19.6 Å². The second-order valence-corrected chi connectivity index (χ2v) is 16.2. The van der Waals surface area contributed by atoms with Crippen molar-refractivity contribution in [1.82, 2.24) is 29.7 Å². The predicted octanol–water partition coefficient (Wildman–Crippen LogP) is 2.07. The summed E-state index contributed by atoms with van der Waals surface area (Å²) in [6, 6.07) is -2.87. The number of aromatic nitrogens is 4. The molecule has 0 radical (unpaired) electrons. The number of nitrogens with one attached hydrogen (secondary N) is 2. The topological polar surface area (TPSA) is 226 Å². The molecule has 50 heavy (non-hydrogen) atoms. The number of imidazole rings is 1. The Morgan fingerprint density at radius 3 is 2.10 bits per heavy atom. The van der Waals surface area contributed by atoms with Gasteiger partial charge < -0.3 is 44.1 Å². The van der Waals surface area contributed by atoms with Crippen molar-refractivity contribution in [2.24, 2.45) is 11.8 Å². The highest BCUT2D eigenvalue weighted by atomic mass is 31.2. The first-order chi connectivity index (χ1) is 23.6. The van der Waals surface area contributed by atoms with E-state index in [2.05, 4.69) is 30.0 Å². The third kappa shape index (κ3) is 7.36. The normalized spacial score (nSPS) is 28.5. The number of nitrogens with two attached hydrogens (primary N) is 1. The molecule has 18 heteroatoms. The van der Waals surface area contributed by atoms with Crippen LogP contribution in [0.4, 0.5) is 11.8 Å². The fourth-order valence-electron chi connectivity index (χ4n) is 7.25. The van der Waals surface area contributed by atoms with Crippen LogP contribution in [0.25, 0.3) is 11.2 Å². The van der Waals surface area contributed by atoms with Gasteiger partial charge in [-0.1, -0.05) is 27.7 Å². The van der Waals surface area contributed by atoms with Crippen LogP contribution < -0.4 is 20.8 Å². The molecule has 5 rings (SSSR count). The Morgan fingerprint density at radius 1 is 1.06 bits per heavy atom. The first-order valence-corrected chi connectivity index (χ1v) is 19.2. The Kier molecular flexibility index (Phi) is 11.5. The van der Waals surface area contributed by atoms with E-state index in [-0.39, 0.29) is 43.8 Å². The molecule has 7 unspecified atom stereocenters. The highest BCUT2D eigenvalue weighted by Crippen LogP contribution is 2.68. The highest BCUT2D eigenvalue weighted by molar-refractivity contribution is 7.54. The van der Waals surface area contributed by atoms with Crippen LogP contribution in [0, 0.1) is 11.8 Å². The van der Waals surface area contributed by atoms with Crippen molar-refractivity contribution in [3.05, 3.63) is 6.33 Å². The van der Waals surface area contributed by atoms with E-state index in [0.29, 0.717) is 17.0 Å². The lowest BCUT2D eigenvalue weighted by molar-refractivity contribution is -0.146. The number of carbonyl (C=O) groups is 2. The van der Waals surface area contributed by atoms with Crippen LogP contribution in [-0.2, 0) is 32.9 Å². The molecular weight excluding hydrogens is 671 g/mol. The van der Waals surface area contributed by atoms with E-state index < -0.39 is 67.8 Å². The van der Waals surface area contributed by atoms with E-state index in [0.717, 1.165) is 25.9 Å². The molecule has 0 amide bonds. The highest BCUT2D eigenvalue weighted by Gasteiger charge is 2.85. The molecule has 280 valence electrons. The minimum atomic E-state index is -4.27. The summed E-state index contributed by atoms with van der Waals surface area (Å²) >= 11 is 0. The molecule has 6 N–H and O–H groups in total. The van der Waals surface area contributed by atoms with Gasteiger partial charge in [-0.25, -0.2) is 15.2 Å². The number of nitrogens with zero attached hydrogens (tertiary/aromatic N) is 5. The summed E-state index contributed by atoms with van der Waals surface area (Å²) in [6.07, 6.45) is 1.47. The maximum absolute atomic E-state index is 14.6. The number of hydrogen-bond donors (Lipinski definition) is 5. The smallest absolute Gasteiger partial charge is 0.342 e. The number of hydrogen-bond acceptors (Lipinski definition) is 14. The predicted molar refractivity (Wildman–Crippen MR) is 184 cm³/mol. The van der Waals surface area contributed by atoms with Gasteiger partial charge in [0.2, 0.25) is 5.95 Å². The molecule has 2 aromatic rings. The quantitative estimate of drug-likeness (QED) is 0.116. The molecule has 2 aliphatic heterocycles. The van der Waals surface area contributed by atoms with Crippen LogP contribution in [0.3, 0.4) is 0 Å². The molecule has 17 nitrogen and oxygen atoms in total. The molecule has 7 atom stereocenters. The van der Waals surface area contributed by atoms with Crippen molar-refractivity contribution < 1.29 is 43.1 Å². The SMILES string of the molecule is CCOC(=O)C(CC(C)C)NP(=O)(NC(CC(C)C)C(=O)OCC)OCC1OC2(C)C(n3cnc4c(N5CCCC5)nc(N)nc43)C2(O)C1O. The lowest BCUT2D eigenvalue weighted by Crippen LogP contribution is -2.46. The third-order valence-electron chi connectivity index (χ3n) is 9.58. The van der Waals surface area contributed by atoms with Crippen LogP contribution >= 0.6 is 7.67 Å². The number of ether oxygens (including phenoxy) is 3. The van der Waals surface area contributed by atoms with E-state index in [1.54, 1.807) is 25.3 Å². The van der Waals surface area contributed by atoms with E-state index in [4.69, 9.17) is 24.5 Å². The fraction of sp³-hybridized carbons (Fsp3) is 0.781. The monoisotopic (exact) mass is 724 g/mol. The van der Waals surface area contributed by atoms with Gasteiger partial charge in [0, 0.05) is 13.1 Å². The lowest BCUT2D eigenvalue weighted by Gasteiger charge is -2.31. The van der Waals surface area contributed by atoms with Crippen molar-refractivity contribution >= 4 is 42.5 Å². The molecule has 0 bridgehead atoms. The van der Waals surface area contributed by atoms with Crippen LogP contribution in [0.15, 0.2) is 6.33 Å². The number of fused-ring (bicyclic) bond motifs is 2. The van der Waals surface area contributed by atoms with Crippen LogP contribution in [0.2, 0.25) is 0 Å². The molecule has 0 spiro atoms. The van der Waals surface area contributed by atoms with Crippen LogP contribution in [-0.4, -0.2) is 110 Å². The van der Waals surface area contributed by atoms with E-state index in [1.165, 1.54) is 6.33 Å². The number of carbonyl (C=O) groups excluding carboxylic acids is 2. The zero-order chi connectivity index (χ0) is 36.6. The number of anilines is 2. The maximum atomic E-state index is 14.6. The Balaban J connectivity index is 1.38. The van der Waals surface area contributed by atoms with Crippen molar-refractivity contribution in [2.75, 3.05) is 43.5 Å². The number of esters is 2. The summed E-state index contributed by atoms with van der Waals surface area (Å²) in [7, 11) is -4.27. The second kappa shape index (κ2) is 15.0. The zero-order valence-electron chi connectivity index (χ0n) is 30.0. The van der Waals surface area contributed by atoms with Gasteiger partial charge in [0.15, 0.2) is 17.0 Å². The van der Waals surface area contributed by atoms with E-state index in [9.17, 15) is 24.4 Å². The molecular formula is C32H53N8O9P. The summed E-state index contributed by atoms with van der Waals surface area (Å²) in [5.41, 5.74) is 3.94. The lowest BCUT2D eigenvalue weighted by atomic mass is 10.1. The standard InChI is InChI=1S/C32H53N8O9P/c1-8-46-27(42)20(14-18(3)4)37-50(45,38-21(15-19(5)6)28(43)47-9-2)48-16-22-24(41)32(44)29(31(32,7)49-22)40-17-34-23-25(39-12-10-11-13-39)35-30(33)36-26(23)40/h17-22,24,29,41,44H,8-16H2,1-7H3,(H2,33,35,36)(H2,37,38,45). The second-order valence-electron chi connectivity index (χ2n) is 14.3. The fourth-order valence-corrected chi connectivity index (χ4v) is 9.07. The van der Waals surface area contributed by atoms with E-state index >= 15 is 0 Å². The average Bonchev–Trinajstić information content (AvgIpc) is 3.56. The zero-order valence-corrected chi connectivity index (χ0v) is 30.9. The van der Waals surface area contributed by atoms with Crippen molar-refractivity contribution in [3.63, 3.8) is 0 Å². The summed E-state index contributed by atoms with van der Waals surface area (Å²) in [4.78, 5) is 41.4. The number of nitrogen functional groups attached to an aromatic ring is 1. The summed E-state index contributed by atoms with van der Waals surface area (Å²) in [5, 5.41) is 29.1.